The Bertz CT molecular complexity index is 648. The zero-order chi connectivity index (χ0) is 15.2. The predicted molar refractivity (Wildman–Crippen MR) is 80.0 cm³/mol. The number of ether oxygens (including phenoxy) is 2. The third-order valence-electron chi connectivity index (χ3n) is 3.12. The van der Waals surface area contributed by atoms with Gasteiger partial charge in [0.05, 0.1) is 0 Å². The lowest BCUT2D eigenvalue weighted by Crippen LogP contribution is -2.25. The Morgan fingerprint density at radius 3 is 2.82 bits per heavy atom. The van der Waals surface area contributed by atoms with E-state index in [4.69, 9.17) is 9.47 Å². The Labute approximate surface area is 127 Å². The summed E-state index contributed by atoms with van der Waals surface area (Å²) in [6.45, 7) is 1.45. The van der Waals surface area contributed by atoms with Crippen molar-refractivity contribution in [1.82, 2.24) is 15.3 Å². The first kappa shape index (κ1) is 14.1. The smallest absolute Gasteiger partial charge is 0.251 e. The molecule has 0 fully saturated rings. The second kappa shape index (κ2) is 6.75. The first-order valence-electron chi connectivity index (χ1n) is 7.02. The lowest BCUT2D eigenvalue weighted by molar-refractivity contribution is 0.0953. The number of anilines is 1. The molecule has 1 aromatic heterocycles. The molecule has 1 amide bonds. The first-order valence-corrected chi connectivity index (χ1v) is 7.02. The summed E-state index contributed by atoms with van der Waals surface area (Å²) in [6, 6.07) is 6.91. The van der Waals surface area contributed by atoms with Crippen molar-refractivity contribution in [2.75, 3.05) is 25.2 Å². The zero-order valence-corrected chi connectivity index (χ0v) is 11.9. The van der Waals surface area contributed by atoms with E-state index in [1.54, 1.807) is 36.7 Å². The molecule has 0 aliphatic carbocycles. The number of hydrogen-bond acceptors (Lipinski definition) is 6. The van der Waals surface area contributed by atoms with Gasteiger partial charge in [-0.15, -0.1) is 0 Å². The molecule has 22 heavy (non-hydrogen) atoms. The highest BCUT2D eigenvalue weighted by atomic mass is 16.7. The Morgan fingerprint density at radius 1 is 1.14 bits per heavy atom. The number of rotatable bonds is 6. The van der Waals surface area contributed by atoms with Crippen LogP contribution < -0.4 is 20.1 Å². The van der Waals surface area contributed by atoms with E-state index in [2.05, 4.69) is 20.6 Å². The van der Waals surface area contributed by atoms with Crippen LogP contribution in [0.4, 0.5) is 5.95 Å². The molecule has 2 aromatic rings. The minimum absolute atomic E-state index is 0.130. The van der Waals surface area contributed by atoms with E-state index in [-0.39, 0.29) is 12.7 Å². The Hall–Kier alpha value is -2.83. The van der Waals surface area contributed by atoms with Gasteiger partial charge in [0, 0.05) is 31.0 Å². The summed E-state index contributed by atoms with van der Waals surface area (Å²) in [4.78, 5) is 20.1. The number of hydrogen-bond donors (Lipinski definition) is 2. The summed E-state index contributed by atoms with van der Waals surface area (Å²) in [6.07, 6.45) is 4.13. The average molecular weight is 300 g/mol. The van der Waals surface area contributed by atoms with Gasteiger partial charge in [0.25, 0.3) is 5.91 Å². The summed E-state index contributed by atoms with van der Waals surface area (Å²) in [5, 5.41) is 5.94. The Kier molecular flexibility index (Phi) is 4.33. The molecule has 1 aromatic carbocycles. The van der Waals surface area contributed by atoms with Gasteiger partial charge in [0.15, 0.2) is 11.5 Å². The highest BCUT2D eigenvalue weighted by molar-refractivity contribution is 5.94. The van der Waals surface area contributed by atoms with Crippen molar-refractivity contribution in [3.05, 3.63) is 42.2 Å². The van der Waals surface area contributed by atoms with Gasteiger partial charge in [-0.05, 0) is 30.7 Å². The van der Waals surface area contributed by atoms with Crippen molar-refractivity contribution in [1.29, 1.82) is 0 Å². The van der Waals surface area contributed by atoms with Crippen LogP contribution >= 0.6 is 0 Å². The number of carbonyl (C=O) groups is 1. The van der Waals surface area contributed by atoms with Gasteiger partial charge in [0.1, 0.15) is 0 Å². The van der Waals surface area contributed by atoms with Crippen molar-refractivity contribution in [2.24, 2.45) is 0 Å². The molecule has 0 saturated carbocycles. The molecule has 7 nitrogen and oxygen atoms in total. The van der Waals surface area contributed by atoms with Gasteiger partial charge in [-0.1, -0.05) is 0 Å². The molecule has 0 radical (unpaired) electrons. The monoisotopic (exact) mass is 300 g/mol. The standard InChI is InChI=1S/C15H16N4O3/c20-14(11-3-4-12-13(9-11)22-10-21-12)16-5-1-6-17-15-18-7-2-8-19-15/h2-4,7-9H,1,5-6,10H2,(H,16,20)(H,17,18,19). The largest absolute Gasteiger partial charge is 0.454 e. The van der Waals surface area contributed by atoms with Crippen LogP contribution in [0.5, 0.6) is 11.5 Å². The molecule has 0 saturated heterocycles. The van der Waals surface area contributed by atoms with Crippen LogP contribution in [0.25, 0.3) is 0 Å². The number of carbonyl (C=O) groups excluding carboxylic acids is 1. The van der Waals surface area contributed by atoms with E-state index in [1.165, 1.54) is 0 Å². The summed E-state index contributed by atoms with van der Waals surface area (Å²) >= 11 is 0. The molecule has 7 heteroatoms. The summed E-state index contributed by atoms with van der Waals surface area (Å²) < 4.78 is 10.5. The average Bonchev–Trinajstić information content (AvgIpc) is 3.03. The maximum Gasteiger partial charge on any atom is 0.251 e. The predicted octanol–water partition coefficient (Wildman–Crippen LogP) is 1.44. The fourth-order valence-corrected chi connectivity index (χ4v) is 2.02. The van der Waals surface area contributed by atoms with Crippen molar-refractivity contribution >= 4 is 11.9 Å². The molecule has 114 valence electrons. The zero-order valence-electron chi connectivity index (χ0n) is 11.9. The number of nitrogens with one attached hydrogen (secondary N) is 2. The van der Waals surface area contributed by atoms with Crippen molar-refractivity contribution in [2.45, 2.75) is 6.42 Å². The molecule has 3 rings (SSSR count). The van der Waals surface area contributed by atoms with Crippen LogP contribution in [0, 0.1) is 0 Å². The number of fused-ring (bicyclic) bond motifs is 1. The van der Waals surface area contributed by atoms with Crippen LogP contribution in [0.3, 0.4) is 0 Å². The molecule has 2 heterocycles. The van der Waals surface area contributed by atoms with Gasteiger partial charge in [-0.3, -0.25) is 4.79 Å². The number of benzene rings is 1. The molecule has 0 atom stereocenters. The number of amides is 1. The normalized spacial score (nSPS) is 12.0. The van der Waals surface area contributed by atoms with E-state index in [0.29, 0.717) is 36.1 Å². The van der Waals surface area contributed by atoms with E-state index < -0.39 is 0 Å². The minimum atomic E-state index is -0.130. The molecular weight excluding hydrogens is 284 g/mol. The highest BCUT2D eigenvalue weighted by Gasteiger charge is 2.15. The molecule has 0 bridgehead atoms. The van der Waals surface area contributed by atoms with Gasteiger partial charge in [-0.2, -0.15) is 0 Å². The van der Waals surface area contributed by atoms with Crippen molar-refractivity contribution < 1.29 is 14.3 Å². The van der Waals surface area contributed by atoms with Gasteiger partial charge >= 0.3 is 0 Å². The topological polar surface area (TPSA) is 85.4 Å². The quantitative estimate of drug-likeness (QED) is 0.785. The van der Waals surface area contributed by atoms with E-state index in [0.717, 1.165) is 6.42 Å². The first-order chi connectivity index (χ1) is 10.8. The third-order valence-corrected chi connectivity index (χ3v) is 3.12. The third kappa shape index (κ3) is 3.43. The fraction of sp³-hybridized carbons (Fsp3) is 0.267. The molecule has 0 spiro atoms. The second-order valence-electron chi connectivity index (χ2n) is 4.68. The fourth-order valence-electron chi connectivity index (χ4n) is 2.02. The van der Waals surface area contributed by atoms with E-state index in [1.807, 2.05) is 0 Å². The maximum absolute atomic E-state index is 12.0. The minimum Gasteiger partial charge on any atom is -0.454 e. The van der Waals surface area contributed by atoms with Crippen LogP contribution in [0.2, 0.25) is 0 Å². The summed E-state index contributed by atoms with van der Waals surface area (Å²) in [5.41, 5.74) is 0.559. The Balaban J connectivity index is 1.41. The second-order valence-corrected chi connectivity index (χ2v) is 4.68. The molecular formula is C15H16N4O3. The summed E-state index contributed by atoms with van der Waals surface area (Å²) in [5.74, 6) is 1.73. The van der Waals surface area contributed by atoms with Crippen LogP contribution in [-0.4, -0.2) is 35.8 Å². The number of nitrogens with zero attached hydrogens (tertiary/aromatic N) is 2. The van der Waals surface area contributed by atoms with E-state index >= 15 is 0 Å². The summed E-state index contributed by atoms with van der Waals surface area (Å²) in [7, 11) is 0. The van der Waals surface area contributed by atoms with Crippen LogP contribution in [0.1, 0.15) is 16.8 Å². The molecule has 1 aliphatic rings. The molecule has 1 aliphatic heterocycles. The van der Waals surface area contributed by atoms with Crippen LogP contribution in [0.15, 0.2) is 36.7 Å². The lowest BCUT2D eigenvalue weighted by atomic mass is 10.2. The van der Waals surface area contributed by atoms with Gasteiger partial charge in [-0.25, -0.2) is 9.97 Å². The van der Waals surface area contributed by atoms with Crippen LogP contribution in [-0.2, 0) is 0 Å². The van der Waals surface area contributed by atoms with E-state index in [9.17, 15) is 4.79 Å². The van der Waals surface area contributed by atoms with Crippen molar-refractivity contribution in [3.63, 3.8) is 0 Å². The van der Waals surface area contributed by atoms with Gasteiger partial charge < -0.3 is 20.1 Å². The lowest BCUT2D eigenvalue weighted by Gasteiger charge is -2.07. The molecule has 0 unspecified atom stereocenters. The van der Waals surface area contributed by atoms with Gasteiger partial charge in [0.2, 0.25) is 12.7 Å². The SMILES string of the molecule is O=C(NCCCNc1ncccn1)c1ccc2c(c1)OCO2. The Morgan fingerprint density at radius 2 is 1.95 bits per heavy atom. The molecule has 2 N–H and O–H groups in total. The maximum atomic E-state index is 12.0. The number of aromatic nitrogens is 2. The van der Waals surface area contributed by atoms with Crippen molar-refractivity contribution in [3.8, 4) is 11.5 Å². The highest BCUT2D eigenvalue weighted by Crippen LogP contribution is 2.32.